The number of allylic oxidation sites excluding steroid dienone is 9. The van der Waals surface area contributed by atoms with E-state index in [0.29, 0.717) is 29.2 Å². The second-order valence-corrected chi connectivity index (χ2v) is 19.4. The van der Waals surface area contributed by atoms with Gasteiger partial charge in [-0.15, -0.1) is 6.58 Å². The number of benzene rings is 2. The van der Waals surface area contributed by atoms with E-state index in [0.717, 1.165) is 17.9 Å². The van der Waals surface area contributed by atoms with Gasteiger partial charge in [0.25, 0.3) is 0 Å². The monoisotopic (exact) mass is 634 g/mol. The van der Waals surface area contributed by atoms with Crippen molar-refractivity contribution >= 4 is 35.5 Å². The van der Waals surface area contributed by atoms with Gasteiger partial charge >= 0.3 is 37.9 Å². The van der Waals surface area contributed by atoms with E-state index in [-0.39, 0.29) is 0 Å². The maximum atomic E-state index is 4.93. The molecule has 0 heterocycles. The molecule has 196 valence electrons. The van der Waals surface area contributed by atoms with Gasteiger partial charge in [0, 0.05) is 0 Å². The molecule has 4 aliphatic carbocycles. The van der Waals surface area contributed by atoms with Crippen molar-refractivity contribution in [1.82, 2.24) is 0 Å². The fraction of sp³-hybridized carbons (Fsp3) is 0.353. The molecule has 2 aromatic rings. The molecule has 2 saturated carbocycles. The third-order valence-electron chi connectivity index (χ3n) is 9.71. The summed E-state index contributed by atoms with van der Waals surface area (Å²) in [5, 5.41) is 3.33. The van der Waals surface area contributed by atoms with Crippen LogP contribution in [-0.2, 0) is 20.8 Å². The average Bonchev–Trinajstić information content (AvgIpc) is 3.58. The van der Waals surface area contributed by atoms with E-state index in [9.17, 15) is 0 Å². The van der Waals surface area contributed by atoms with Crippen molar-refractivity contribution < 1.29 is 20.8 Å². The van der Waals surface area contributed by atoms with E-state index in [2.05, 4.69) is 122 Å². The Hall–Kier alpha value is -1.18. The molecule has 6 atom stereocenters. The Morgan fingerprint density at radius 3 is 1.68 bits per heavy atom. The minimum atomic E-state index is -2.18. The van der Waals surface area contributed by atoms with Crippen LogP contribution in [0.1, 0.15) is 32.1 Å². The van der Waals surface area contributed by atoms with Crippen molar-refractivity contribution in [2.75, 3.05) is 0 Å². The van der Waals surface area contributed by atoms with Gasteiger partial charge in [-0.3, -0.25) is 0 Å². The second-order valence-electron chi connectivity index (χ2n) is 11.3. The topological polar surface area (TPSA) is 0 Å². The van der Waals surface area contributed by atoms with Crippen LogP contribution in [0.2, 0.25) is 11.1 Å². The van der Waals surface area contributed by atoms with Gasteiger partial charge in [0.05, 0.1) is 0 Å². The molecular weight excluding hydrogens is 599 g/mol. The van der Waals surface area contributed by atoms with Crippen LogP contribution in [0.25, 0.3) is 0 Å². The Kier molecular flexibility index (Phi) is 10.0. The van der Waals surface area contributed by atoms with Crippen LogP contribution in [0.15, 0.2) is 122 Å². The van der Waals surface area contributed by atoms with Crippen LogP contribution in [-0.4, -0.2) is 8.07 Å². The molecule has 38 heavy (non-hydrogen) atoms. The first-order valence-corrected chi connectivity index (χ1v) is 22.6. The predicted octanol–water partition coefficient (Wildman–Crippen LogP) is 8.86. The molecule has 0 saturated heterocycles. The number of rotatable bonds is 7. The zero-order chi connectivity index (χ0) is 26.4. The Morgan fingerprint density at radius 1 is 0.737 bits per heavy atom. The number of hydrogen-bond donors (Lipinski definition) is 0. The maximum absolute atomic E-state index is 4.93. The molecule has 0 amide bonds. The van der Waals surface area contributed by atoms with Crippen LogP contribution >= 0.6 is 17.0 Å². The van der Waals surface area contributed by atoms with E-state index in [4.69, 9.17) is 17.0 Å². The molecule has 0 bridgehead atoms. The standard InChI is InChI=1S/C34H38Si.2ClH.Zr/c1-2-3-14-26-23-24-29(25-26)35(27-15-6-4-7-16-27,28-17-8-5-9-18-28)34-32-21-12-10-19-30(32)31-20-11-13-22-33(31)34;;;/h2,4-13,15-22,26,29-34H,1,3,14,23-25H2;2*1H;/q;;;+2/p-2. The quantitative estimate of drug-likeness (QED) is 0.210. The van der Waals surface area contributed by atoms with Crippen LogP contribution in [0, 0.1) is 29.6 Å². The molecule has 4 aliphatic rings. The van der Waals surface area contributed by atoms with Crippen LogP contribution in [0.5, 0.6) is 0 Å². The molecule has 0 aliphatic heterocycles. The molecule has 0 aromatic heterocycles. The van der Waals surface area contributed by atoms with Crippen molar-refractivity contribution in [3.63, 3.8) is 0 Å². The summed E-state index contributed by atoms with van der Waals surface area (Å²) in [4.78, 5) is 0. The van der Waals surface area contributed by atoms with Crippen LogP contribution in [0.3, 0.4) is 0 Å². The molecule has 4 heteroatoms. The second kappa shape index (κ2) is 13.5. The van der Waals surface area contributed by atoms with Crippen molar-refractivity contribution in [3.8, 4) is 0 Å². The van der Waals surface area contributed by atoms with E-state index in [1.807, 2.05) is 0 Å². The molecule has 0 N–H and O–H groups in total. The van der Waals surface area contributed by atoms with Crippen molar-refractivity contribution in [2.24, 2.45) is 29.6 Å². The van der Waals surface area contributed by atoms with Crippen LogP contribution in [0.4, 0.5) is 0 Å². The molecule has 0 nitrogen and oxygen atoms in total. The molecule has 2 aromatic carbocycles. The van der Waals surface area contributed by atoms with Gasteiger partial charge in [0.1, 0.15) is 8.07 Å². The summed E-state index contributed by atoms with van der Waals surface area (Å²) in [6.07, 6.45) is 28.3. The molecule has 6 rings (SSSR count). The fourth-order valence-electron chi connectivity index (χ4n) is 8.46. The van der Waals surface area contributed by atoms with Crippen molar-refractivity contribution in [2.45, 2.75) is 43.2 Å². The first-order valence-electron chi connectivity index (χ1n) is 14.1. The van der Waals surface area contributed by atoms with Crippen molar-refractivity contribution in [1.29, 1.82) is 0 Å². The first-order chi connectivity index (χ1) is 18.7. The van der Waals surface area contributed by atoms with Gasteiger partial charge in [-0.05, 0) is 59.9 Å². The Balaban J connectivity index is 0.000000937. The first kappa shape index (κ1) is 28.4. The SMILES string of the molecule is C=CCCC1CCC([Si](c2ccccc2)(c2ccccc2)C2C3C=CC=CC3C3C=CC=CC32)C1.[Cl][Zr][Cl]. The van der Waals surface area contributed by atoms with Gasteiger partial charge in [-0.1, -0.05) is 139 Å². The predicted molar refractivity (Wildman–Crippen MR) is 164 cm³/mol. The number of fused-ring (bicyclic) bond motifs is 3. The van der Waals surface area contributed by atoms with E-state index in [1.54, 1.807) is 10.4 Å². The summed E-state index contributed by atoms with van der Waals surface area (Å²) in [6, 6.07) is 23.7. The summed E-state index contributed by atoms with van der Waals surface area (Å²) in [6.45, 7) is 4.02. The van der Waals surface area contributed by atoms with E-state index in [1.165, 1.54) is 25.7 Å². The Labute approximate surface area is 249 Å². The Morgan fingerprint density at radius 2 is 1.21 bits per heavy atom. The minimum absolute atomic E-state index is 0.613. The van der Waals surface area contributed by atoms with Gasteiger partial charge < -0.3 is 0 Å². The zero-order valence-corrected chi connectivity index (χ0v) is 27.0. The third kappa shape index (κ3) is 5.41. The van der Waals surface area contributed by atoms with Crippen molar-refractivity contribution in [3.05, 3.63) is 122 Å². The Bertz CT molecular complexity index is 1100. The summed E-state index contributed by atoms with van der Waals surface area (Å²) in [5.41, 5.74) is 1.46. The third-order valence-corrected chi connectivity index (χ3v) is 15.9. The number of halogens is 2. The van der Waals surface area contributed by atoms with Gasteiger partial charge in [0.15, 0.2) is 0 Å². The summed E-state index contributed by atoms with van der Waals surface area (Å²) < 4.78 is 0. The summed E-state index contributed by atoms with van der Waals surface area (Å²) in [7, 11) is 7.69. The summed E-state index contributed by atoms with van der Waals surface area (Å²) >= 11 is -0.826. The molecule has 0 spiro atoms. The molecule has 0 radical (unpaired) electrons. The summed E-state index contributed by atoms with van der Waals surface area (Å²) in [5.74, 6) is 3.30. The zero-order valence-electron chi connectivity index (χ0n) is 22.0. The van der Waals surface area contributed by atoms with Gasteiger partial charge in [-0.25, -0.2) is 0 Å². The number of hydrogen-bond acceptors (Lipinski definition) is 0. The van der Waals surface area contributed by atoms with Gasteiger partial charge in [-0.2, -0.15) is 0 Å². The van der Waals surface area contributed by atoms with E-state index >= 15 is 0 Å². The molecular formula is C34H38Cl2SiZr. The average molecular weight is 637 g/mol. The molecule has 2 fully saturated rings. The van der Waals surface area contributed by atoms with E-state index < -0.39 is 28.9 Å². The van der Waals surface area contributed by atoms with Crippen LogP contribution < -0.4 is 10.4 Å². The van der Waals surface area contributed by atoms with Gasteiger partial charge in [0.2, 0.25) is 0 Å². The fourth-order valence-corrected chi connectivity index (χ4v) is 15.7. The molecule has 6 unspecified atom stereocenters. The normalized spacial score (nSPS) is 30.7.